The largest absolute Gasteiger partial charge is 0.351 e. The highest BCUT2D eigenvalue weighted by Crippen LogP contribution is 2.25. The average Bonchev–Trinajstić information content (AvgIpc) is 3.10. The van der Waals surface area contributed by atoms with Crippen LogP contribution in [-0.4, -0.2) is 23.3 Å². The molecule has 9 heteroatoms. The van der Waals surface area contributed by atoms with Gasteiger partial charge in [-0.25, -0.2) is 13.8 Å². The van der Waals surface area contributed by atoms with Crippen LogP contribution in [0.15, 0.2) is 47.8 Å². The molecule has 2 amide bonds. The van der Waals surface area contributed by atoms with Gasteiger partial charge in [-0.1, -0.05) is 11.6 Å². The highest BCUT2D eigenvalue weighted by molar-refractivity contribution is 7.14. The van der Waals surface area contributed by atoms with Gasteiger partial charge in [0, 0.05) is 23.9 Å². The van der Waals surface area contributed by atoms with Gasteiger partial charge in [-0.2, -0.15) is 0 Å². The van der Waals surface area contributed by atoms with Crippen molar-refractivity contribution in [2.45, 2.75) is 6.42 Å². The van der Waals surface area contributed by atoms with Crippen LogP contribution in [0.4, 0.5) is 13.9 Å². The van der Waals surface area contributed by atoms with Gasteiger partial charge in [0.05, 0.1) is 16.3 Å². The van der Waals surface area contributed by atoms with Crippen LogP contribution in [0.3, 0.4) is 0 Å². The van der Waals surface area contributed by atoms with Crippen molar-refractivity contribution in [2.75, 3.05) is 11.9 Å². The van der Waals surface area contributed by atoms with E-state index >= 15 is 0 Å². The third kappa shape index (κ3) is 5.11. The van der Waals surface area contributed by atoms with Gasteiger partial charge in [0.15, 0.2) is 5.13 Å². The molecule has 5 nitrogen and oxygen atoms in total. The second kappa shape index (κ2) is 8.90. The Bertz CT molecular complexity index is 1010. The summed E-state index contributed by atoms with van der Waals surface area (Å²) in [5, 5.41) is 7.35. The summed E-state index contributed by atoms with van der Waals surface area (Å²) in [6, 6.07) is 9.34. The van der Waals surface area contributed by atoms with E-state index in [1.165, 1.54) is 29.5 Å². The lowest BCUT2D eigenvalue weighted by Gasteiger charge is -2.06. The molecule has 0 saturated carbocycles. The first-order valence-electron chi connectivity index (χ1n) is 8.17. The Morgan fingerprint density at radius 2 is 1.79 bits per heavy atom. The minimum atomic E-state index is -0.538. The summed E-state index contributed by atoms with van der Waals surface area (Å²) in [4.78, 5) is 28.3. The molecule has 0 saturated heterocycles. The second-order valence-electron chi connectivity index (χ2n) is 5.72. The summed E-state index contributed by atoms with van der Waals surface area (Å²) in [5.74, 6) is -1.70. The van der Waals surface area contributed by atoms with Crippen LogP contribution in [0.2, 0.25) is 5.02 Å². The fraction of sp³-hybridized carbons (Fsp3) is 0.105. The maximum Gasteiger partial charge on any atom is 0.252 e. The molecular weight excluding hydrogens is 408 g/mol. The molecule has 0 spiro atoms. The van der Waals surface area contributed by atoms with Crippen LogP contribution in [0.25, 0.3) is 11.3 Å². The molecule has 3 rings (SSSR count). The van der Waals surface area contributed by atoms with Gasteiger partial charge in [0.1, 0.15) is 11.6 Å². The van der Waals surface area contributed by atoms with Crippen LogP contribution < -0.4 is 10.6 Å². The quantitative estimate of drug-likeness (QED) is 0.615. The molecule has 28 heavy (non-hydrogen) atoms. The number of halogens is 3. The maximum atomic E-state index is 13.0. The first-order valence-corrected chi connectivity index (χ1v) is 9.43. The third-order valence-electron chi connectivity index (χ3n) is 3.70. The predicted molar refractivity (Wildman–Crippen MR) is 104 cm³/mol. The molecule has 0 aliphatic rings. The van der Waals surface area contributed by atoms with Crippen LogP contribution in [0.1, 0.15) is 16.8 Å². The number of rotatable bonds is 6. The number of aromatic nitrogens is 1. The first-order chi connectivity index (χ1) is 13.4. The van der Waals surface area contributed by atoms with E-state index in [4.69, 9.17) is 11.6 Å². The van der Waals surface area contributed by atoms with Gasteiger partial charge < -0.3 is 10.6 Å². The van der Waals surface area contributed by atoms with Crippen LogP contribution in [0.5, 0.6) is 0 Å². The van der Waals surface area contributed by atoms with Crippen molar-refractivity contribution in [1.29, 1.82) is 0 Å². The van der Waals surface area contributed by atoms with E-state index in [1.54, 1.807) is 17.5 Å². The Kier molecular flexibility index (Phi) is 6.33. The molecule has 0 fully saturated rings. The summed E-state index contributed by atoms with van der Waals surface area (Å²) in [7, 11) is 0. The highest BCUT2D eigenvalue weighted by atomic mass is 35.5. The number of hydrogen-bond acceptors (Lipinski definition) is 4. The van der Waals surface area contributed by atoms with Gasteiger partial charge in [0.25, 0.3) is 5.91 Å². The van der Waals surface area contributed by atoms with E-state index in [1.807, 2.05) is 0 Å². The van der Waals surface area contributed by atoms with Crippen LogP contribution in [-0.2, 0) is 4.79 Å². The second-order valence-corrected chi connectivity index (χ2v) is 6.99. The van der Waals surface area contributed by atoms with Gasteiger partial charge in [-0.3, -0.25) is 9.59 Å². The van der Waals surface area contributed by atoms with Gasteiger partial charge in [-0.05, 0) is 42.5 Å². The van der Waals surface area contributed by atoms with Gasteiger partial charge >= 0.3 is 0 Å². The topological polar surface area (TPSA) is 71.1 Å². The van der Waals surface area contributed by atoms with Crippen molar-refractivity contribution in [3.8, 4) is 11.3 Å². The summed E-state index contributed by atoms with van der Waals surface area (Å²) in [6.45, 7) is 0.0779. The molecule has 2 aromatic carbocycles. The summed E-state index contributed by atoms with van der Waals surface area (Å²) in [5.41, 5.74) is 1.49. The van der Waals surface area contributed by atoms with E-state index in [-0.39, 0.29) is 35.3 Å². The number of anilines is 1. The molecule has 1 heterocycles. The Morgan fingerprint density at radius 1 is 1.07 bits per heavy atom. The van der Waals surface area contributed by atoms with Crippen LogP contribution >= 0.6 is 22.9 Å². The Labute approximate surface area is 168 Å². The lowest BCUT2D eigenvalue weighted by molar-refractivity contribution is -0.116. The number of benzene rings is 2. The Morgan fingerprint density at radius 3 is 2.50 bits per heavy atom. The van der Waals surface area contributed by atoms with Crippen molar-refractivity contribution in [1.82, 2.24) is 10.3 Å². The number of carbonyl (C=O) groups excluding carboxylic acids is 2. The van der Waals surface area contributed by atoms with E-state index in [2.05, 4.69) is 15.6 Å². The molecule has 2 N–H and O–H groups in total. The van der Waals surface area contributed by atoms with Crippen molar-refractivity contribution in [2.24, 2.45) is 0 Å². The van der Waals surface area contributed by atoms with E-state index in [0.29, 0.717) is 10.8 Å². The van der Waals surface area contributed by atoms with Crippen molar-refractivity contribution < 1.29 is 18.4 Å². The molecule has 0 aliphatic heterocycles. The Balaban J connectivity index is 1.49. The molecule has 0 aliphatic carbocycles. The number of amides is 2. The summed E-state index contributed by atoms with van der Waals surface area (Å²) >= 11 is 7.07. The third-order valence-corrected chi connectivity index (χ3v) is 4.77. The summed E-state index contributed by atoms with van der Waals surface area (Å²) < 4.78 is 26.0. The molecular formula is C19H14ClF2N3O2S. The van der Waals surface area contributed by atoms with E-state index < -0.39 is 11.7 Å². The lowest BCUT2D eigenvalue weighted by atomic mass is 10.2. The average molecular weight is 422 g/mol. The highest BCUT2D eigenvalue weighted by Gasteiger charge is 2.12. The molecule has 0 atom stereocenters. The molecule has 3 aromatic rings. The number of thiazole rings is 1. The fourth-order valence-electron chi connectivity index (χ4n) is 2.32. The van der Waals surface area contributed by atoms with Crippen molar-refractivity contribution in [3.05, 3.63) is 70.1 Å². The normalized spacial score (nSPS) is 10.5. The molecule has 1 aromatic heterocycles. The molecule has 0 bridgehead atoms. The van der Waals surface area contributed by atoms with Gasteiger partial charge in [0.2, 0.25) is 5.91 Å². The number of hydrogen-bond donors (Lipinski definition) is 2. The van der Waals surface area contributed by atoms with E-state index in [0.717, 1.165) is 17.7 Å². The van der Waals surface area contributed by atoms with Crippen molar-refractivity contribution in [3.63, 3.8) is 0 Å². The maximum absolute atomic E-state index is 13.0. The first kappa shape index (κ1) is 19.9. The zero-order valence-corrected chi connectivity index (χ0v) is 15.9. The SMILES string of the molecule is O=C(CCNC(=O)c1ccc(F)cc1Cl)Nc1nc(-c2ccc(F)cc2)cs1. The molecule has 0 radical (unpaired) electrons. The summed E-state index contributed by atoms with van der Waals surface area (Å²) in [6.07, 6.45) is 0.0238. The number of carbonyl (C=O) groups is 2. The predicted octanol–water partition coefficient (Wildman–Crippen LogP) is 4.50. The minimum absolute atomic E-state index is 0.00180. The smallest absolute Gasteiger partial charge is 0.252 e. The van der Waals surface area contributed by atoms with Crippen LogP contribution in [0, 0.1) is 11.6 Å². The Hall–Kier alpha value is -2.84. The van der Waals surface area contributed by atoms with E-state index in [9.17, 15) is 18.4 Å². The number of nitrogens with one attached hydrogen (secondary N) is 2. The standard InChI is InChI=1S/C19H14ClF2N3O2S/c20-15-9-13(22)5-6-14(15)18(27)23-8-7-17(26)25-19-24-16(10-28-19)11-1-3-12(21)4-2-11/h1-6,9-10H,7-8H2,(H,23,27)(H,24,25,26). The fourth-order valence-corrected chi connectivity index (χ4v) is 3.31. The van der Waals surface area contributed by atoms with Gasteiger partial charge in [-0.15, -0.1) is 11.3 Å². The zero-order chi connectivity index (χ0) is 20.1. The molecule has 144 valence electrons. The van der Waals surface area contributed by atoms with Crippen molar-refractivity contribution >= 4 is 39.9 Å². The minimum Gasteiger partial charge on any atom is -0.351 e. The number of nitrogens with zero attached hydrogens (tertiary/aromatic N) is 1. The molecule has 0 unspecified atom stereocenters. The monoisotopic (exact) mass is 421 g/mol. The lowest BCUT2D eigenvalue weighted by Crippen LogP contribution is -2.27. The zero-order valence-electron chi connectivity index (χ0n) is 14.3.